The number of carboxylic acids is 1. The van der Waals surface area contributed by atoms with Crippen LogP contribution >= 0.6 is 0 Å². The lowest BCUT2D eigenvalue weighted by Crippen LogP contribution is -2.62. The lowest BCUT2D eigenvalue weighted by molar-refractivity contribution is -0.381. The number of carbonyl (C=O) groups excluding carboxylic acids is 1. The summed E-state index contributed by atoms with van der Waals surface area (Å²) in [5.41, 5.74) is -1.69. The van der Waals surface area contributed by atoms with Crippen LogP contribution in [0.2, 0.25) is 0 Å². The second-order valence-electron chi connectivity index (χ2n) is 18.0. The Balaban J connectivity index is 1.31. The fourth-order valence-corrected chi connectivity index (χ4v) is 10.6. The van der Waals surface area contributed by atoms with E-state index in [-0.39, 0.29) is 53.7 Å². The monoisotopic (exact) mass is 750 g/mol. The summed E-state index contributed by atoms with van der Waals surface area (Å²) in [6.45, 7) is 19.8. The maximum absolute atomic E-state index is 13.7. The largest absolute Gasteiger partial charge is 0.481 e. The molecule has 0 aromatic heterocycles. The summed E-state index contributed by atoms with van der Waals surface area (Å²) in [5.74, 6) is -5.68. The van der Waals surface area contributed by atoms with Crippen LogP contribution in [0.1, 0.15) is 133 Å². The summed E-state index contributed by atoms with van der Waals surface area (Å²) in [5, 5.41) is 44.6. The van der Waals surface area contributed by atoms with Crippen LogP contribution in [-0.4, -0.2) is 97.7 Å². The van der Waals surface area contributed by atoms with E-state index in [1.807, 2.05) is 48.5 Å². The van der Waals surface area contributed by atoms with Crippen LogP contribution in [-0.2, 0) is 33.3 Å². The second-order valence-corrected chi connectivity index (χ2v) is 18.0. The first-order valence-electron chi connectivity index (χ1n) is 20.7. The molecule has 2 spiro atoms. The molecule has 4 saturated heterocycles. The number of carboxylic acid groups (broad SMARTS) is 1. The molecule has 0 aliphatic carbocycles. The topological polar surface area (TPSA) is 161 Å². The Hall–Kier alpha value is -1.44. The Morgan fingerprint density at radius 3 is 2.21 bits per heavy atom. The fraction of sp³-hybridized carbons (Fsp3) is 0.905. The number of hydrogen-bond donors (Lipinski definition) is 4. The van der Waals surface area contributed by atoms with Crippen LogP contribution in [0.15, 0.2) is 12.2 Å². The number of aliphatic carboxylic acids is 1. The minimum Gasteiger partial charge on any atom is -0.481 e. The van der Waals surface area contributed by atoms with Crippen LogP contribution in [0.5, 0.6) is 0 Å². The van der Waals surface area contributed by atoms with Gasteiger partial charge in [-0.3, -0.25) is 9.59 Å². The zero-order valence-electron chi connectivity index (χ0n) is 34.0. The highest BCUT2D eigenvalue weighted by atomic mass is 16.8. The summed E-state index contributed by atoms with van der Waals surface area (Å²) in [6.07, 6.45) is 5.50. The van der Waals surface area contributed by atoms with Gasteiger partial charge in [0.25, 0.3) is 0 Å². The molecule has 5 aliphatic heterocycles. The van der Waals surface area contributed by atoms with Crippen molar-refractivity contribution in [3.05, 3.63) is 12.2 Å². The number of aliphatic hydroxyl groups excluding tert-OH is 2. The third kappa shape index (κ3) is 7.94. The lowest BCUT2D eigenvalue weighted by Gasteiger charge is -2.53. The summed E-state index contributed by atoms with van der Waals surface area (Å²) >= 11 is 0. The third-order valence-electron chi connectivity index (χ3n) is 14.5. The predicted molar refractivity (Wildman–Crippen MR) is 199 cm³/mol. The average molecular weight is 751 g/mol. The highest BCUT2D eigenvalue weighted by Gasteiger charge is 2.63. The molecular weight excluding hydrogens is 680 g/mol. The zero-order valence-corrected chi connectivity index (χ0v) is 34.0. The smallest absolute Gasteiger partial charge is 0.309 e. The SMILES string of the molecule is CC[C@@H](C(=O)O)[C@H]1CC[C@H](C)[C@H]([C@@H](C)[C@H](O)[C@H](C)C(O)[C@H](CC)[C@H]2O[C@]3(C=CC(=O)[C@]4(CC[C@@](C)([C@H]5CC[C@](O)(CC)[C@H](C)O5)O4)O3)[C@H](C)C[C@@H]2C)O1. The molecule has 0 aromatic rings. The highest BCUT2D eigenvalue weighted by Crippen LogP contribution is 2.53. The van der Waals surface area contributed by atoms with Crippen LogP contribution < -0.4 is 0 Å². The molecule has 0 aromatic carbocycles. The van der Waals surface area contributed by atoms with Gasteiger partial charge < -0.3 is 44.1 Å². The molecule has 18 atom stereocenters. The van der Waals surface area contributed by atoms with Crippen LogP contribution in [0, 0.1) is 41.4 Å². The Labute approximate surface area is 317 Å². The van der Waals surface area contributed by atoms with Crippen molar-refractivity contribution in [3.63, 3.8) is 0 Å². The van der Waals surface area contributed by atoms with Gasteiger partial charge in [-0.25, -0.2) is 0 Å². The van der Waals surface area contributed by atoms with Crippen molar-refractivity contribution in [2.75, 3.05) is 0 Å². The van der Waals surface area contributed by atoms with Crippen molar-refractivity contribution in [3.8, 4) is 0 Å². The molecule has 5 rings (SSSR count). The van der Waals surface area contributed by atoms with Gasteiger partial charge in [-0.05, 0) is 95.6 Å². The molecule has 5 heterocycles. The third-order valence-corrected chi connectivity index (χ3v) is 14.5. The van der Waals surface area contributed by atoms with E-state index in [1.165, 1.54) is 6.08 Å². The number of ether oxygens (including phenoxy) is 5. The molecule has 304 valence electrons. The molecular formula is C42H70O11. The molecule has 4 fully saturated rings. The summed E-state index contributed by atoms with van der Waals surface area (Å²) < 4.78 is 33.3. The van der Waals surface area contributed by atoms with Crippen LogP contribution in [0.25, 0.3) is 0 Å². The molecule has 0 bridgehead atoms. The number of ketones is 1. The van der Waals surface area contributed by atoms with Crippen molar-refractivity contribution < 1.29 is 53.7 Å². The van der Waals surface area contributed by atoms with E-state index in [2.05, 4.69) is 20.8 Å². The van der Waals surface area contributed by atoms with Crippen molar-refractivity contribution in [1.82, 2.24) is 0 Å². The first-order chi connectivity index (χ1) is 24.8. The molecule has 11 heteroatoms. The van der Waals surface area contributed by atoms with E-state index in [9.17, 15) is 30.0 Å². The van der Waals surface area contributed by atoms with Crippen molar-refractivity contribution >= 4 is 11.8 Å². The summed E-state index contributed by atoms with van der Waals surface area (Å²) in [6, 6.07) is 0. The van der Waals surface area contributed by atoms with Gasteiger partial charge in [0.05, 0.1) is 59.8 Å². The Kier molecular flexibility index (Phi) is 13.0. The molecule has 53 heavy (non-hydrogen) atoms. The van der Waals surface area contributed by atoms with Crippen molar-refractivity contribution in [2.24, 2.45) is 41.4 Å². The quantitative estimate of drug-likeness (QED) is 0.180. The van der Waals surface area contributed by atoms with Gasteiger partial charge >= 0.3 is 5.97 Å². The van der Waals surface area contributed by atoms with Gasteiger partial charge in [0, 0.05) is 30.1 Å². The van der Waals surface area contributed by atoms with Crippen LogP contribution in [0.4, 0.5) is 0 Å². The normalized spacial score (nSPS) is 45.5. The van der Waals surface area contributed by atoms with E-state index in [4.69, 9.17) is 23.7 Å². The van der Waals surface area contributed by atoms with E-state index in [0.717, 1.165) is 12.8 Å². The lowest BCUT2D eigenvalue weighted by atomic mass is 9.72. The van der Waals surface area contributed by atoms with E-state index in [1.54, 1.807) is 6.08 Å². The number of carbonyl (C=O) groups is 2. The molecule has 5 aliphatic rings. The summed E-state index contributed by atoms with van der Waals surface area (Å²) in [7, 11) is 0. The fourth-order valence-electron chi connectivity index (χ4n) is 10.6. The zero-order chi connectivity index (χ0) is 39.3. The molecule has 0 amide bonds. The van der Waals surface area contributed by atoms with Gasteiger partial charge in [-0.1, -0.05) is 55.4 Å². The number of hydrogen-bond acceptors (Lipinski definition) is 10. The molecule has 11 nitrogen and oxygen atoms in total. The summed E-state index contributed by atoms with van der Waals surface area (Å²) in [4.78, 5) is 25.6. The second kappa shape index (κ2) is 16.2. The number of rotatable bonds is 12. The Morgan fingerprint density at radius 1 is 0.906 bits per heavy atom. The maximum Gasteiger partial charge on any atom is 0.309 e. The molecule has 1 unspecified atom stereocenters. The molecule has 0 saturated carbocycles. The Bertz CT molecular complexity index is 1320. The minimum atomic E-state index is -1.54. The average Bonchev–Trinajstić information content (AvgIpc) is 3.47. The van der Waals surface area contributed by atoms with E-state index in [0.29, 0.717) is 51.4 Å². The van der Waals surface area contributed by atoms with E-state index < -0.39 is 65.0 Å². The van der Waals surface area contributed by atoms with Gasteiger partial charge in [0.15, 0.2) is 5.79 Å². The Morgan fingerprint density at radius 2 is 1.60 bits per heavy atom. The first-order valence-corrected chi connectivity index (χ1v) is 20.7. The maximum atomic E-state index is 13.7. The molecule has 0 radical (unpaired) electrons. The highest BCUT2D eigenvalue weighted by molar-refractivity contribution is 5.97. The van der Waals surface area contributed by atoms with Gasteiger partial charge in [-0.2, -0.15) is 0 Å². The minimum absolute atomic E-state index is 0.0521. The number of aliphatic hydroxyl groups is 3. The van der Waals surface area contributed by atoms with Crippen LogP contribution in [0.3, 0.4) is 0 Å². The van der Waals surface area contributed by atoms with E-state index >= 15 is 0 Å². The molecule has 4 N–H and O–H groups in total. The van der Waals surface area contributed by atoms with Gasteiger partial charge in [0.1, 0.15) is 0 Å². The van der Waals surface area contributed by atoms with Crippen molar-refractivity contribution in [2.45, 2.75) is 199 Å². The van der Waals surface area contributed by atoms with Gasteiger partial charge in [0.2, 0.25) is 11.6 Å². The first kappa shape index (κ1) is 42.7. The predicted octanol–water partition coefficient (Wildman–Crippen LogP) is 6.19. The van der Waals surface area contributed by atoms with Crippen molar-refractivity contribution in [1.29, 1.82) is 0 Å². The standard InChI is InChI=1S/C42H70O11/c1-11-29(38(46)47)31-15-14-23(4)36(50-31)27(8)34(44)26(7)35(45)30(12-2)37-24(5)22-25(6)41(51-37)19-16-32(43)42(53-41)21-20-39(10,52-42)33-17-18-40(48,13-3)28(9)49-33/h16,19,23-31,33-37,44-45,48H,11-15,17-18,20-22H2,1-10H3,(H,46,47)/t23-,24-,25+,26-,27-,28-,29+,30-,31+,33+,34+,35?,36+,37-,39-,40+,41-,42-/m0/s1. The van der Waals surface area contributed by atoms with Gasteiger partial charge in [-0.15, -0.1) is 0 Å².